The number of nitrogens with one attached hydrogen (secondary N) is 1. The monoisotopic (exact) mass is 536 g/mol. The van der Waals surface area contributed by atoms with Gasteiger partial charge in [0.25, 0.3) is 0 Å². The largest absolute Gasteiger partial charge is 0.451 e. The van der Waals surface area contributed by atoms with Crippen molar-refractivity contribution in [2.45, 2.75) is 51.2 Å². The summed E-state index contributed by atoms with van der Waals surface area (Å²) in [5, 5.41) is 6.41. The predicted molar refractivity (Wildman–Crippen MR) is 118 cm³/mol. The molecule has 1 saturated heterocycles. The van der Waals surface area contributed by atoms with Gasteiger partial charge in [0, 0.05) is 24.7 Å². The average Bonchev–Trinajstić information content (AvgIpc) is 3.31. The van der Waals surface area contributed by atoms with E-state index < -0.39 is 46.2 Å². The van der Waals surface area contributed by atoms with Crippen LogP contribution in [0.4, 0.5) is 17.6 Å². The van der Waals surface area contributed by atoms with Gasteiger partial charge in [-0.3, -0.25) is 4.79 Å². The quantitative estimate of drug-likeness (QED) is 0.430. The second-order valence-corrected chi connectivity index (χ2v) is 10.1. The number of rotatable bonds is 7. The molecule has 190 valence electrons. The molecule has 3 atom stereocenters. The van der Waals surface area contributed by atoms with Gasteiger partial charge >= 0.3 is 6.18 Å². The molecule has 0 aromatic carbocycles. The van der Waals surface area contributed by atoms with E-state index in [1.807, 2.05) is 0 Å². The highest BCUT2D eigenvalue weighted by Crippen LogP contribution is 2.33. The summed E-state index contributed by atoms with van der Waals surface area (Å²) in [5.74, 6) is -2.06. The number of carbonyl (C=O) groups excluding carboxylic acids is 1. The Bertz CT molecular complexity index is 1250. The lowest BCUT2D eigenvalue weighted by Crippen LogP contribution is -2.48. The third-order valence-electron chi connectivity index (χ3n) is 5.37. The molecule has 1 fully saturated rings. The lowest BCUT2D eigenvalue weighted by Gasteiger charge is -2.27. The molecule has 1 aliphatic rings. The fraction of sp³-hybridized carbons (Fsp3) is 0.400. The Morgan fingerprint density at radius 2 is 1.97 bits per heavy atom. The summed E-state index contributed by atoms with van der Waals surface area (Å²) in [6.07, 6.45) is -0.900. The first-order valence-electron chi connectivity index (χ1n) is 10.2. The highest BCUT2D eigenvalue weighted by Gasteiger charge is 2.49. The summed E-state index contributed by atoms with van der Waals surface area (Å²) >= 11 is 6.08. The van der Waals surface area contributed by atoms with Crippen LogP contribution in [0.5, 0.6) is 0 Å². The van der Waals surface area contributed by atoms with Crippen LogP contribution in [0.15, 0.2) is 42.2 Å². The van der Waals surface area contributed by atoms with Crippen LogP contribution < -0.4 is 5.32 Å². The molecular weight excluding hydrogens is 516 g/mol. The lowest BCUT2D eigenvalue weighted by molar-refractivity contribution is -0.145. The van der Waals surface area contributed by atoms with Crippen LogP contribution in [-0.2, 0) is 27.5 Å². The molecular formula is C20H21ClF4N6O3S. The number of sulfonamides is 1. The number of halogens is 5. The van der Waals surface area contributed by atoms with Crippen molar-refractivity contribution in [3.8, 4) is 5.69 Å². The summed E-state index contributed by atoms with van der Waals surface area (Å²) < 4.78 is 80.2. The van der Waals surface area contributed by atoms with Crippen LogP contribution >= 0.6 is 11.6 Å². The molecule has 1 aliphatic heterocycles. The molecule has 1 N–H and O–H groups in total. The van der Waals surface area contributed by atoms with Crippen molar-refractivity contribution in [2.24, 2.45) is 0 Å². The zero-order valence-corrected chi connectivity index (χ0v) is 20.1. The van der Waals surface area contributed by atoms with E-state index in [2.05, 4.69) is 27.0 Å². The Morgan fingerprint density at radius 1 is 1.34 bits per heavy atom. The van der Waals surface area contributed by atoms with E-state index in [1.165, 1.54) is 32.2 Å². The van der Waals surface area contributed by atoms with Gasteiger partial charge in [0.2, 0.25) is 21.8 Å². The fourth-order valence-electron chi connectivity index (χ4n) is 3.51. The van der Waals surface area contributed by atoms with Crippen molar-refractivity contribution >= 4 is 27.5 Å². The molecule has 0 saturated carbocycles. The Hall–Kier alpha value is -2.84. The van der Waals surface area contributed by atoms with Gasteiger partial charge in [-0.05, 0) is 19.9 Å². The number of hydrogen-bond acceptors (Lipinski definition) is 6. The minimum absolute atomic E-state index is 0.0670. The topological polar surface area (TPSA) is 110 Å². The van der Waals surface area contributed by atoms with Crippen molar-refractivity contribution in [2.75, 3.05) is 0 Å². The van der Waals surface area contributed by atoms with Crippen LogP contribution in [0.25, 0.3) is 5.69 Å². The SMILES string of the molecule is C=C/C=C(\C)S(=O)(=O)N1[C@H](C(=O)NCc2cn(-c3cnc(C(F)(F)F)nc3)nc2Cl)C[C@@H](F)[C@@H]1C. The van der Waals surface area contributed by atoms with Crippen molar-refractivity contribution in [3.63, 3.8) is 0 Å². The van der Waals surface area contributed by atoms with Crippen molar-refractivity contribution in [3.05, 3.63) is 58.8 Å². The van der Waals surface area contributed by atoms with Crippen molar-refractivity contribution in [1.29, 1.82) is 0 Å². The van der Waals surface area contributed by atoms with Crippen LogP contribution in [0, 0.1) is 0 Å². The number of nitrogens with zero attached hydrogens (tertiary/aromatic N) is 5. The average molecular weight is 537 g/mol. The summed E-state index contributed by atoms with van der Waals surface area (Å²) in [5.41, 5.74) is 0.365. The molecule has 0 aliphatic carbocycles. The Morgan fingerprint density at radius 3 is 2.54 bits per heavy atom. The molecule has 0 bridgehead atoms. The zero-order chi connectivity index (χ0) is 26.1. The summed E-state index contributed by atoms with van der Waals surface area (Å²) in [7, 11) is -4.13. The molecule has 3 rings (SSSR count). The number of carbonyl (C=O) groups is 1. The van der Waals surface area contributed by atoms with Crippen LogP contribution in [0.2, 0.25) is 5.15 Å². The maximum absolute atomic E-state index is 14.4. The van der Waals surface area contributed by atoms with Crippen LogP contribution in [0.1, 0.15) is 31.7 Å². The molecule has 0 radical (unpaired) electrons. The van der Waals surface area contributed by atoms with Gasteiger partial charge in [-0.25, -0.2) is 27.5 Å². The normalized spacial score (nSPS) is 21.8. The second kappa shape index (κ2) is 10.0. The van der Waals surface area contributed by atoms with E-state index in [1.54, 1.807) is 0 Å². The zero-order valence-electron chi connectivity index (χ0n) is 18.5. The molecule has 3 heterocycles. The number of allylic oxidation sites excluding steroid dienone is 3. The van der Waals surface area contributed by atoms with Gasteiger partial charge in [0.1, 0.15) is 17.9 Å². The Balaban J connectivity index is 1.76. The fourth-order valence-corrected chi connectivity index (χ4v) is 5.39. The van der Waals surface area contributed by atoms with Gasteiger partial charge in [-0.15, -0.1) is 0 Å². The van der Waals surface area contributed by atoms with Crippen LogP contribution in [0.3, 0.4) is 0 Å². The van der Waals surface area contributed by atoms with Crippen molar-refractivity contribution < 1.29 is 30.8 Å². The summed E-state index contributed by atoms with van der Waals surface area (Å²) in [6, 6.07) is -2.36. The molecule has 35 heavy (non-hydrogen) atoms. The molecule has 9 nitrogen and oxygen atoms in total. The third-order valence-corrected chi connectivity index (χ3v) is 7.78. The molecule has 0 spiro atoms. The lowest BCUT2D eigenvalue weighted by atomic mass is 10.1. The van der Waals surface area contributed by atoms with Gasteiger partial charge in [-0.1, -0.05) is 24.3 Å². The first-order chi connectivity index (χ1) is 16.3. The van der Waals surface area contributed by atoms with Gasteiger partial charge in [0.15, 0.2) is 5.15 Å². The highest BCUT2D eigenvalue weighted by molar-refractivity contribution is 7.93. The van der Waals surface area contributed by atoms with E-state index in [0.717, 1.165) is 21.4 Å². The minimum atomic E-state index is -4.70. The van der Waals surface area contributed by atoms with E-state index in [-0.39, 0.29) is 34.3 Å². The van der Waals surface area contributed by atoms with E-state index in [0.29, 0.717) is 0 Å². The third kappa shape index (κ3) is 5.54. The highest BCUT2D eigenvalue weighted by atomic mass is 35.5. The number of aromatic nitrogens is 4. The number of amides is 1. The van der Waals surface area contributed by atoms with E-state index >= 15 is 0 Å². The molecule has 1 amide bonds. The standard InChI is InChI=1S/C20H21ClF4N6O3S/c1-4-5-11(2)35(33,34)31-12(3)15(22)6-16(31)18(32)26-7-13-10-30(29-17(13)21)14-8-27-19(28-9-14)20(23,24)25/h4-5,8-10,12,15-16H,1,6-7H2,2-3H3,(H,26,32)/b11-5+/t12-,15+,16-/m0/s1. The Kier molecular flexibility index (Phi) is 7.67. The smallest absolute Gasteiger partial charge is 0.350 e. The summed E-state index contributed by atoms with van der Waals surface area (Å²) in [4.78, 5) is 19.3. The maximum Gasteiger partial charge on any atom is 0.451 e. The molecule has 0 unspecified atom stereocenters. The first kappa shape index (κ1) is 26.8. The number of hydrogen-bond donors (Lipinski definition) is 1. The predicted octanol–water partition coefficient (Wildman–Crippen LogP) is 3.17. The molecule has 15 heteroatoms. The minimum Gasteiger partial charge on any atom is -0.350 e. The first-order valence-corrected chi connectivity index (χ1v) is 12.0. The summed E-state index contributed by atoms with van der Waals surface area (Å²) in [6.45, 7) is 5.95. The maximum atomic E-state index is 14.4. The van der Waals surface area contributed by atoms with Crippen molar-refractivity contribution in [1.82, 2.24) is 29.4 Å². The van der Waals surface area contributed by atoms with E-state index in [9.17, 15) is 30.8 Å². The van der Waals surface area contributed by atoms with E-state index in [4.69, 9.17) is 11.6 Å². The van der Waals surface area contributed by atoms with Crippen LogP contribution in [-0.4, -0.2) is 56.6 Å². The Labute approximate surface area is 203 Å². The number of alkyl halides is 4. The second-order valence-electron chi connectivity index (χ2n) is 7.73. The van der Waals surface area contributed by atoms with Gasteiger partial charge in [0.05, 0.1) is 23.3 Å². The molecule has 2 aromatic rings. The van der Waals surface area contributed by atoms with Gasteiger partial charge < -0.3 is 5.32 Å². The van der Waals surface area contributed by atoms with Gasteiger partial charge in [-0.2, -0.15) is 22.6 Å². The molecule has 2 aromatic heterocycles.